The number of anilines is 1. The summed E-state index contributed by atoms with van der Waals surface area (Å²) in [5.74, 6) is 0.549. The number of nitrogens with two attached hydrogens (primary N) is 1. The lowest BCUT2D eigenvalue weighted by Gasteiger charge is -1.94. The van der Waals surface area contributed by atoms with Crippen LogP contribution in [-0.4, -0.2) is 17.6 Å². The largest absolute Gasteiger partial charge is 0.382 e. The molecule has 0 saturated carbocycles. The van der Waals surface area contributed by atoms with Crippen molar-refractivity contribution in [3.05, 3.63) is 18.2 Å². The maximum absolute atomic E-state index is 5.65. The lowest BCUT2D eigenvalue weighted by molar-refractivity contribution is 0.802. The van der Waals surface area contributed by atoms with Crippen LogP contribution in [0.5, 0.6) is 0 Å². The lowest BCUT2D eigenvalue weighted by atomic mass is 9.95. The summed E-state index contributed by atoms with van der Waals surface area (Å²) in [6.45, 7) is 0. The fourth-order valence-corrected chi connectivity index (χ4v) is 1.30. The van der Waals surface area contributed by atoms with E-state index >= 15 is 0 Å². The molecule has 0 bridgehead atoms. The van der Waals surface area contributed by atoms with E-state index in [0.717, 1.165) is 16.4 Å². The second-order valence-corrected chi connectivity index (χ2v) is 2.79. The van der Waals surface area contributed by atoms with Gasteiger partial charge in [-0.1, -0.05) is 11.5 Å². The first-order valence-corrected chi connectivity index (χ1v) is 3.66. The number of nitrogen functional groups attached to an aromatic ring is 1. The van der Waals surface area contributed by atoms with Crippen LogP contribution in [0.15, 0.2) is 18.2 Å². The number of hydrogen-bond donors (Lipinski definition) is 1. The van der Waals surface area contributed by atoms with Gasteiger partial charge in [0.05, 0.1) is 5.52 Å². The molecule has 4 heteroatoms. The molecule has 1 aromatic carbocycles. The van der Waals surface area contributed by atoms with Gasteiger partial charge in [0.15, 0.2) is 5.82 Å². The average Bonchev–Trinajstić information content (AvgIpc) is 2.28. The van der Waals surface area contributed by atoms with Gasteiger partial charge in [0.25, 0.3) is 0 Å². The molecule has 2 radical (unpaired) electrons. The highest BCUT2D eigenvalue weighted by molar-refractivity contribution is 6.33. The number of benzene rings is 1. The Morgan fingerprint density at radius 1 is 1.50 bits per heavy atom. The van der Waals surface area contributed by atoms with Gasteiger partial charge in [-0.2, -0.15) is 5.10 Å². The van der Waals surface area contributed by atoms with Gasteiger partial charge in [0, 0.05) is 12.4 Å². The van der Waals surface area contributed by atoms with Gasteiger partial charge in [-0.3, -0.25) is 4.68 Å². The van der Waals surface area contributed by atoms with E-state index in [2.05, 4.69) is 5.10 Å². The zero-order valence-electron chi connectivity index (χ0n) is 6.78. The van der Waals surface area contributed by atoms with Gasteiger partial charge < -0.3 is 5.73 Å². The molecule has 1 aromatic heterocycles. The fourth-order valence-electron chi connectivity index (χ4n) is 1.30. The van der Waals surface area contributed by atoms with Crippen LogP contribution in [0.25, 0.3) is 10.9 Å². The summed E-state index contributed by atoms with van der Waals surface area (Å²) in [5, 5.41) is 5.02. The molecule has 0 atom stereocenters. The van der Waals surface area contributed by atoms with Crippen molar-refractivity contribution in [1.29, 1.82) is 0 Å². The zero-order chi connectivity index (χ0) is 8.72. The maximum atomic E-state index is 5.65. The van der Waals surface area contributed by atoms with Crippen LogP contribution in [0, 0.1) is 0 Å². The number of nitrogens with zero attached hydrogens (tertiary/aromatic N) is 2. The van der Waals surface area contributed by atoms with Crippen molar-refractivity contribution in [2.45, 2.75) is 0 Å². The van der Waals surface area contributed by atoms with Crippen molar-refractivity contribution in [2.75, 3.05) is 5.73 Å². The number of fused-ring (bicyclic) bond motifs is 1. The molecule has 58 valence electrons. The molecule has 2 aromatic rings. The van der Waals surface area contributed by atoms with E-state index in [4.69, 9.17) is 13.6 Å². The predicted molar refractivity (Wildman–Crippen MR) is 50.5 cm³/mol. The highest BCUT2D eigenvalue weighted by Crippen LogP contribution is 2.17. The van der Waals surface area contributed by atoms with Crippen LogP contribution >= 0.6 is 0 Å². The third-order valence-electron chi connectivity index (χ3n) is 1.90. The van der Waals surface area contributed by atoms with Gasteiger partial charge in [0.2, 0.25) is 0 Å². The van der Waals surface area contributed by atoms with Crippen LogP contribution in [0.4, 0.5) is 5.82 Å². The Morgan fingerprint density at radius 3 is 3.00 bits per heavy atom. The molecule has 2 N–H and O–H groups in total. The van der Waals surface area contributed by atoms with Crippen LogP contribution in [-0.2, 0) is 7.05 Å². The molecule has 0 spiro atoms. The Labute approximate surface area is 71.6 Å². The van der Waals surface area contributed by atoms with Crippen LogP contribution in [0.1, 0.15) is 0 Å². The molecular formula is C8H8BN3. The maximum Gasteiger partial charge on any atom is 0.153 e. The third kappa shape index (κ3) is 0.880. The summed E-state index contributed by atoms with van der Waals surface area (Å²) in [5.41, 5.74) is 7.35. The van der Waals surface area contributed by atoms with Gasteiger partial charge in [-0.15, -0.1) is 0 Å². The monoisotopic (exact) mass is 157 g/mol. The highest BCUT2D eigenvalue weighted by atomic mass is 15.3. The van der Waals surface area contributed by atoms with Crippen molar-refractivity contribution in [2.24, 2.45) is 7.05 Å². The second kappa shape index (κ2) is 2.27. The first-order valence-electron chi connectivity index (χ1n) is 3.66. The van der Waals surface area contributed by atoms with Crippen molar-refractivity contribution < 1.29 is 0 Å². The molecule has 3 nitrogen and oxygen atoms in total. The molecular weight excluding hydrogens is 149 g/mol. The van der Waals surface area contributed by atoms with Gasteiger partial charge in [-0.25, -0.2) is 0 Å². The minimum absolute atomic E-state index is 0.549. The molecule has 0 fully saturated rings. The standard InChI is InChI=1S/C8H8BN3/c1-12-7-4-5(9)2-3-6(7)8(10)11-12/h2-4H,1H3,(H2,10,11). The molecule has 0 amide bonds. The number of aryl methyl sites for hydroxylation is 1. The lowest BCUT2D eigenvalue weighted by Crippen LogP contribution is -2.01. The van der Waals surface area contributed by atoms with E-state index in [1.54, 1.807) is 4.68 Å². The second-order valence-electron chi connectivity index (χ2n) is 2.79. The first kappa shape index (κ1) is 7.22. The quantitative estimate of drug-likeness (QED) is 0.544. The summed E-state index contributed by atoms with van der Waals surface area (Å²) in [4.78, 5) is 0. The SMILES string of the molecule is [B]c1ccc2c(N)nn(C)c2c1. The Bertz CT molecular complexity index is 433. The Hall–Kier alpha value is -1.45. The fraction of sp³-hybridized carbons (Fsp3) is 0.125. The van der Waals surface area contributed by atoms with E-state index < -0.39 is 0 Å². The van der Waals surface area contributed by atoms with E-state index in [-0.39, 0.29) is 0 Å². The number of aromatic nitrogens is 2. The van der Waals surface area contributed by atoms with Crippen molar-refractivity contribution >= 4 is 30.0 Å². The molecule has 12 heavy (non-hydrogen) atoms. The van der Waals surface area contributed by atoms with E-state index in [1.165, 1.54) is 0 Å². The molecule has 2 rings (SSSR count). The van der Waals surface area contributed by atoms with Crippen LogP contribution in [0.2, 0.25) is 0 Å². The summed E-state index contributed by atoms with van der Waals surface area (Å²) in [7, 11) is 7.47. The Morgan fingerprint density at radius 2 is 2.25 bits per heavy atom. The summed E-state index contributed by atoms with van der Waals surface area (Å²) in [6.07, 6.45) is 0. The smallest absolute Gasteiger partial charge is 0.153 e. The molecule has 0 unspecified atom stereocenters. The van der Waals surface area contributed by atoms with Crippen molar-refractivity contribution in [1.82, 2.24) is 9.78 Å². The van der Waals surface area contributed by atoms with E-state index in [9.17, 15) is 0 Å². The van der Waals surface area contributed by atoms with Gasteiger partial charge in [0.1, 0.15) is 7.85 Å². The summed E-state index contributed by atoms with van der Waals surface area (Å²) in [6, 6.07) is 5.56. The molecule has 0 saturated heterocycles. The van der Waals surface area contributed by atoms with E-state index in [1.807, 2.05) is 25.2 Å². The van der Waals surface area contributed by atoms with Gasteiger partial charge >= 0.3 is 0 Å². The van der Waals surface area contributed by atoms with Crippen LogP contribution < -0.4 is 11.2 Å². The molecule has 0 aliphatic heterocycles. The van der Waals surface area contributed by atoms with Crippen molar-refractivity contribution in [3.63, 3.8) is 0 Å². The third-order valence-corrected chi connectivity index (χ3v) is 1.90. The zero-order valence-corrected chi connectivity index (χ0v) is 6.78. The summed E-state index contributed by atoms with van der Waals surface area (Å²) >= 11 is 0. The topological polar surface area (TPSA) is 43.8 Å². The van der Waals surface area contributed by atoms with Gasteiger partial charge in [-0.05, 0) is 12.1 Å². The van der Waals surface area contributed by atoms with Crippen LogP contribution in [0.3, 0.4) is 0 Å². The minimum Gasteiger partial charge on any atom is -0.382 e. The average molecular weight is 157 g/mol. The first-order chi connectivity index (χ1) is 5.68. The Balaban J connectivity index is 2.90. The molecule has 0 aliphatic carbocycles. The predicted octanol–water partition coefficient (Wildman–Crippen LogP) is -0.0507. The van der Waals surface area contributed by atoms with E-state index in [0.29, 0.717) is 5.82 Å². The van der Waals surface area contributed by atoms with Crippen molar-refractivity contribution in [3.8, 4) is 0 Å². The Kier molecular flexibility index (Phi) is 1.36. The number of rotatable bonds is 0. The molecule has 1 heterocycles. The minimum atomic E-state index is 0.549. The normalized spacial score (nSPS) is 10.8. The molecule has 0 aliphatic rings. The highest BCUT2D eigenvalue weighted by Gasteiger charge is 2.03. The number of hydrogen-bond acceptors (Lipinski definition) is 2. The summed E-state index contributed by atoms with van der Waals surface area (Å²) < 4.78 is 1.72.